The predicted molar refractivity (Wildman–Crippen MR) is 83.0 cm³/mol. The molecule has 1 saturated heterocycles. The largest absolute Gasteiger partial charge is 0.326 e. The molecule has 4 unspecified atom stereocenters. The molecule has 0 saturated carbocycles. The van der Waals surface area contributed by atoms with Gasteiger partial charge in [-0.2, -0.15) is 0 Å². The van der Waals surface area contributed by atoms with Crippen LogP contribution in [0.25, 0.3) is 0 Å². The zero-order valence-corrected chi connectivity index (χ0v) is 13.8. The summed E-state index contributed by atoms with van der Waals surface area (Å²) in [6.07, 6.45) is 2.63. The number of hydrogen-bond donors (Lipinski definition) is 1. The summed E-state index contributed by atoms with van der Waals surface area (Å²) in [6.45, 7) is 7.98. The molecule has 102 valence electrons. The molecule has 1 aliphatic heterocycles. The molecule has 2 nitrogen and oxygen atoms in total. The van der Waals surface area contributed by atoms with Crippen LogP contribution < -0.4 is 5.73 Å². The normalized spacial score (nSPS) is 29.2. The Bertz CT molecular complexity index is 391. The molecule has 0 aromatic carbocycles. The van der Waals surface area contributed by atoms with Gasteiger partial charge in [-0.3, -0.25) is 4.90 Å². The highest BCUT2D eigenvalue weighted by atomic mass is 79.9. The summed E-state index contributed by atoms with van der Waals surface area (Å²) in [5.74, 6) is 0.783. The van der Waals surface area contributed by atoms with E-state index in [0.29, 0.717) is 12.1 Å². The maximum absolute atomic E-state index is 6.27. The molecule has 1 fully saturated rings. The van der Waals surface area contributed by atoms with Gasteiger partial charge in [0.2, 0.25) is 0 Å². The Morgan fingerprint density at radius 1 is 1.44 bits per heavy atom. The Morgan fingerprint density at radius 3 is 2.72 bits per heavy atom. The van der Waals surface area contributed by atoms with Crippen LogP contribution in [0.1, 0.15) is 44.5 Å². The molecule has 0 amide bonds. The molecule has 0 bridgehead atoms. The van der Waals surface area contributed by atoms with Crippen molar-refractivity contribution in [3.05, 3.63) is 20.8 Å². The number of thiophene rings is 1. The number of piperidine rings is 1. The van der Waals surface area contributed by atoms with E-state index in [1.54, 1.807) is 0 Å². The fraction of sp³-hybridized carbons (Fsp3) is 0.714. The zero-order valence-electron chi connectivity index (χ0n) is 11.4. The Hall–Kier alpha value is 0.1000. The smallest absolute Gasteiger partial charge is 0.0593 e. The zero-order chi connectivity index (χ0) is 13.3. The molecule has 1 aliphatic rings. The van der Waals surface area contributed by atoms with E-state index >= 15 is 0 Å². The Labute approximate surface area is 123 Å². The summed E-state index contributed by atoms with van der Waals surface area (Å²) >= 11 is 5.37. The molecular weight excluding hydrogens is 308 g/mol. The van der Waals surface area contributed by atoms with Gasteiger partial charge in [0, 0.05) is 33.4 Å². The van der Waals surface area contributed by atoms with E-state index in [2.05, 4.69) is 53.0 Å². The summed E-state index contributed by atoms with van der Waals surface area (Å²) in [5.41, 5.74) is 6.27. The van der Waals surface area contributed by atoms with Crippen LogP contribution in [0.3, 0.4) is 0 Å². The Balaban J connectivity index is 2.24. The lowest BCUT2D eigenvalue weighted by atomic mass is 9.91. The average Bonchev–Trinajstić information content (AvgIpc) is 2.70. The predicted octanol–water partition coefficient (Wildman–Crippen LogP) is 4.02. The van der Waals surface area contributed by atoms with Crippen molar-refractivity contribution in [2.24, 2.45) is 11.7 Å². The van der Waals surface area contributed by atoms with Gasteiger partial charge in [0.25, 0.3) is 0 Å². The van der Waals surface area contributed by atoms with Crippen LogP contribution in [0.2, 0.25) is 0 Å². The Kier molecular flexibility index (Phi) is 4.86. The van der Waals surface area contributed by atoms with Crippen LogP contribution in [0.15, 0.2) is 15.9 Å². The first-order valence-electron chi connectivity index (χ1n) is 6.74. The third kappa shape index (κ3) is 3.16. The van der Waals surface area contributed by atoms with Crippen LogP contribution in [0, 0.1) is 5.92 Å². The minimum Gasteiger partial charge on any atom is -0.326 e. The summed E-state index contributed by atoms with van der Waals surface area (Å²) in [4.78, 5) is 4.00. The van der Waals surface area contributed by atoms with Gasteiger partial charge in [-0.1, -0.05) is 6.92 Å². The topological polar surface area (TPSA) is 29.3 Å². The van der Waals surface area contributed by atoms with E-state index in [1.165, 1.54) is 28.7 Å². The molecule has 0 spiro atoms. The quantitative estimate of drug-likeness (QED) is 0.906. The van der Waals surface area contributed by atoms with Crippen LogP contribution in [0.5, 0.6) is 0 Å². The van der Waals surface area contributed by atoms with Gasteiger partial charge in [-0.15, -0.1) is 11.3 Å². The van der Waals surface area contributed by atoms with Crippen molar-refractivity contribution in [3.63, 3.8) is 0 Å². The van der Waals surface area contributed by atoms with E-state index in [4.69, 9.17) is 5.73 Å². The summed E-state index contributed by atoms with van der Waals surface area (Å²) in [7, 11) is 0. The highest BCUT2D eigenvalue weighted by Gasteiger charge is 2.32. The number of rotatable bonds is 3. The van der Waals surface area contributed by atoms with E-state index < -0.39 is 0 Å². The first-order chi connectivity index (χ1) is 8.49. The van der Waals surface area contributed by atoms with E-state index in [9.17, 15) is 0 Å². The van der Waals surface area contributed by atoms with Gasteiger partial charge in [0.05, 0.1) is 6.04 Å². The summed E-state index contributed by atoms with van der Waals surface area (Å²) < 4.78 is 1.17. The monoisotopic (exact) mass is 330 g/mol. The first-order valence-corrected chi connectivity index (χ1v) is 8.41. The van der Waals surface area contributed by atoms with Crippen molar-refractivity contribution < 1.29 is 0 Å². The first kappa shape index (κ1) is 14.5. The molecule has 4 atom stereocenters. The maximum Gasteiger partial charge on any atom is 0.0593 e. The molecule has 2 rings (SSSR count). The minimum atomic E-state index is 0.170. The van der Waals surface area contributed by atoms with Crippen molar-refractivity contribution in [1.29, 1.82) is 0 Å². The number of likely N-dealkylation sites (tertiary alicyclic amines) is 1. The number of halogens is 1. The number of nitrogens with two attached hydrogens (primary N) is 1. The standard InChI is InChI=1S/C14H23BrN2S/c1-9-4-5-10(2)17(7-9)14(11(3)16)13-6-12(15)8-18-13/h6,8-11,14H,4-5,7,16H2,1-3H3. The molecule has 0 aliphatic carbocycles. The third-order valence-corrected chi connectivity index (χ3v) is 5.66. The molecule has 0 radical (unpaired) electrons. The average molecular weight is 331 g/mol. The molecule has 2 N–H and O–H groups in total. The van der Waals surface area contributed by atoms with E-state index in [1.807, 2.05) is 11.3 Å². The minimum absolute atomic E-state index is 0.170. The van der Waals surface area contributed by atoms with Crippen LogP contribution in [-0.4, -0.2) is 23.5 Å². The van der Waals surface area contributed by atoms with E-state index in [-0.39, 0.29) is 6.04 Å². The lowest BCUT2D eigenvalue weighted by Crippen LogP contribution is -2.48. The molecule has 2 heterocycles. The molecule has 4 heteroatoms. The Morgan fingerprint density at radius 2 is 2.17 bits per heavy atom. The van der Waals surface area contributed by atoms with Gasteiger partial charge in [-0.05, 0) is 54.6 Å². The molecule has 18 heavy (non-hydrogen) atoms. The number of hydrogen-bond acceptors (Lipinski definition) is 3. The maximum atomic E-state index is 6.27. The van der Waals surface area contributed by atoms with Crippen molar-refractivity contribution in [2.75, 3.05) is 6.54 Å². The van der Waals surface area contributed by atoms with Gasteiger partial charge < -0.3 is 5.73 Å². The van der Waals surface area contributed by atoms with Crippen LogP contribution >= 0.6 is 27.3 Å². The second kappa shape index (κ2) is 6.04. The summed E-state index contributed by atoms with van der Waals surface area (Å²) in [5, 5.41) is 2.16. The van der Waals surface area contributed by atoms with Gasteiger partial charge in [0.15, 0.2) is 0 Å². The lowest BCUT2D eigenvalue weighted by molar-refractivity contribution is 0.0677. The SMILES string of the molecule is CC1CCC(C)N(C(c2cc(Br)cs2)C(C)N)C1. The van der Waals surface area contributed by atoms with Crippen molar-refractivity contribution >= 4 is 27.3 Å². The van der Waals surface area contributed by atoms with Crippen molar-refractivity contribution in [3.8, 4) is 0 Å². The highest BCUT2D eigenvalue weighted by Crippen LogP contribution is 2.36. The third-order valence-electron chi connectivity index (χ3n) is 3.90. The van der Waals surface area contributed by atoms with Crippen LogP contribution in [0.4, 0.5) is 0 Å². The number of nitrogens with zero attached hydrogens (tertiary/aromatic N) is 1. The fourth-order valence-corrected chi connectivity index (χ4v) is 4.60. The van der Waals surface area contributed by atoms with Crippen molar-refractivity contribution in [1.82, 2.24) is 4.90 Å². The van der Waals surface area contributed by atoms with Gasteiger partial charge in [-0.25, -0.2) is 0 Å². The van der Waals surface area contributed by atoms with Crippen LogP contribution in [-0.2, 0) is 0 Å². The second-order valence-electron chi connectivity index (χ2n) is 5.70. The molecule has 1 aromatic heterocycles. The van der Waals surface area contributed by atoms with E-state index in [0.717, 1.165) is 5.92 Å². The summed E-state index contributed by atoms with van der Waals surface area (Å²) in [6, 6.07) is 3.39. The van der Waals surface area contributed by atoms with Gasteiger partial charge >= 0.3 is 0 Å². The second-order valence-corrected chi connectivity index (χ2v) is 7.56. The fourth-order valence-electron chi connectivity index (χ4n) is 2.92. The highest BCUT2D eigenvalue weighted by molar-refractivity contribution is 9.10. The molecule has 1 aromatic rings. The lowest BCUT2D eigenvalue weighted by Gasteiger charge is -2.43. The van der Waals surface area contributed by atoms with Gasteiger partial charge in [0.1, 0.15) is 0 Å². The van der Waals surface area contributed by atoms with Crippen molar-refractivity contribution in [2.45, 2.75) is 51.7 Å². The molecular formula is C14H23BrN2S.